The number of ether oxygens (including phenoxy) is 2. The van der Waals surface area contributed by atoms with Crippen molar-refractivity contribution in [3.63, 3.8) is 0 Å². The first kappa shape index (κ1) is 9.03. The molecule has 0 saturated carbocycles. The minimum Gasteiger partial charge on any atom is -0.468 e. The van der Waals surface area contributed by atoms with Crippen molar-refractivity contribution in [2.24, 2.45) is 5.92 Å². The molecule has 1 aliphatic rings. The molecule has 0 aliphatic carbocycles. The second-order valence-corrected chi connectivity index (χ2v) is 2.74. The SMILES string of the molecule is COC(=O)[C@H]1CCCCOC1=O. The van der Waals surface area contributed by atoms with Crippen LogP contribution in [0.5, 0.6) is 0 Å². The summed E-state index contributed by atoms with van der Waals surface area (Å²) in [6, 6.07) is 0. The minimum absolute atomic E-state index is 0.423. The van der Waals surface area contributed by atoms with Gasteiger partial charge >= 0.3 is 11.9 Å². The van der Waals surface area contributed by atoms with E-state index in [1.54, 1.807) is 0 Å². The van der Waals surface area contributed by atoms with Gasteiger partial charge in [-0.2, -0.15) is 0 Å². The van der Waals surface area contributed by atoms with Crippen molar-refractivity contribution in [3.8, 4) is 0 Å². The lowest BCUT2D eigenvalue weighted by Gasteiger charge is -2.08. The van der Waals surface area contributed by atoms with Crippen molar-refractivity contribution in [1.29, 1.82) is 0 Å². The third-order valence-electron chi connectivity index (χ3n) is 1.90. The first-order valence-electron chi connectivity index (χ1n) is 4.00. The molecule has 1 aliphatic heterocycles. The van der Waals surface area contributed by atoms with E-state index in [2.05, 4.69) is 4.74 Å². The molecule has 0 aromatic rings. The molecule has 0 aromatic heterocycles. The number of carbonyl (C=O) groups is 2. The van der Waals surface area contributed by atoms with Crippen LogP contribution in [-0.2, 0) is 19.1 Å². The lowest BCUT2D eigenvalue weighted by Crippen LogP contribution is -2.25. The van der Waals surface area contributed by atoms with Crippen LogP contribution in [0.1, 0.15) is 19.3 Å². The monoisotopic (exact) mass is 172 g/mol. The van der Waals surface area contributed by atoms with Gasteiger partial charge < -0.3 is 9.47 Å². The Morgan fingerprint density at radius 1 is 1.58 bits per heavy atom. The van der Waals surface area contributed by atoms with Crippen LogP contribution >= 0.6 is 0 Å². The Morgan fingerprint density at radius 3 is 3.00 bits per heavy atom. The van der Waals surface area contributed by atoms with Crippen LogP contribution in [0.2, 0.25) is 0 Å². The molecule has 1 heterocycles. The third-order valence-corrected chi connectivity index (χ3v) is 1.90. The summed E-state index contributed by atoms with van der Waals surface area (Å²) < 4.78 is 9.27. The van der Waals surface area contributed by atoms with Crippen LogP contribution in [0.3, 0.4) is 0 Å². The first-order chi connectivity index (χ1) is 5.75. The highest BCUT2D eigenvalue weighted by Crippen LogP contribution is 2.16. The molecule has 1 atom stereocenters. The van der Waals surface area contributed by atoms with E-state index in [9.17, 15) is 9.59 Å². The summed E-state index contributed by atoms with van der Waals surface area (Å²) in [5.41, 5.74) is 0. The Labute approximate surface area is 70.8 Å². The topological polar surface area (TPSA) is 52.6 Å². The normalized spacial score (nSPS) is 24.1. The fourth-order valence-corrected chi connectivity index (χ4v) is 1.20. The average molecular weight is 172 g/mol. The lowest BCUT2D eigenvalue weighted by atomic mass is 10.0. The summed E-state index contributed by atoms with van der Waals surface area (Å²) >= 11 is 0. The number of methoxy groups -OCH3 is 1. The standard InChI is InChI=1S/C8H12O4/c1-11-7(9)6-4-2-3-5-12-8(6)10/h6H,2-5H2,1H3/t6-/m1/s1. The van der Waals surface area contributed by atoms with E-state index in [-0.39, 0.29) is 0 Å². The van der Waals surface area contributed by atoms with Gasteiger partial charge in [0.1, 0.15) is 0 Å². The van der Waals surface area contributed by atoms with E-state index in [4.69, 9.17) is 4.74 Å². The summed E-state index contributed by atoms with van der Waals surface area (Å²) in [7, 11) is 1.28. The van der Waals surface area contributed by atoms with E-state index >= 15 is 0 Å². The van der Waals surface area contributed by atoms with E-state index in [0.29, 0.717) is 13.0 Å². The molecule has 0 N–H and O–H groups in total. The summed E-state index contributed by atoms with van der Waals surface area (Å²) in [5, 5.41) is 0. The summed E-state index contributed by atoms with van der Waals surface area (Å²) in [6.07, 6.45) is 2.22. The largest absolute Gasteiger partial charge is 0.468 e. The Bertz CT molecular complexity index is 187. The lowest BCUT2D eigenvalue weighted by molar-refractivity contribution is -0.159. The molecule has 0 spiro atoms. The molecule has 0 amide bonds. The Kier molecular flexibility index (Phi) is 3.08. The van der Waals surface area contributed by atoms with Crippen molar-refractivity contribution in [3.05, 3.63) is 0 Å². The molecule has 12 heavy (non-hydrogen) atoms. The zero-order valence-corrected chi connectivity index (χ0v) is 7.04. The van der Waals surface area contributed by atoms with Crippen LogP contribution in [0.25, 0.3) is 0 Å². The van der Waals surface area contributed by atoms with Crippen molar-refractivity contribution in [1.82, 2.24) is 0 Å². The molecule has 4 heteroatoms. The van der Waals surface area contributed by atoms with Crippen LogP contribution in [0.15, 0.2) is 0 Å². The fraction of sp³-hybridized carbons (Fsp3) is 0.750. The van der Waals surface area contributed by atoms with Gasteiger partial charge in [0.05, 0.1) is 13.7 Å². The second-order valence-electron chi connectivity index (χ2n) is 2.74. The van der Waals surface area contributed by atoms with Crippen molar-refractivity contribution >= 4 is 11.9 Å². The molecule has 0 radical (unpaired) electrons. The molecule has 0 bridgehead atoms. The Balaban J connectivity index is 2.59. The molecule has 0 unspecified atom stereocenters. The maximum Gasteiger partial charge on any atom is 0.320 e. The molecule has 1 saturated heterocycles. The highest BCUT2D eigenvalue weighted by atomic mass is 16.5. The highest BCUT2D eigenvalue weighted by molar-refractivity contribution is 5.94. The van der Waals surface area contributed by atoms with Gasteiger partial charge in [0.2, 0.25) is 0 Å². The molecule has 68 valence electrons. The number of rotatable bonds is 1. The molecule has 1 fully saturated rings. The predicted octanol–water partition coefficient (Wildman–Crippen LogP) is 0.503. The van der Waals surface area contributed by atoms with Gasteiger partial charge in [0, 0.05) is 0 Å². The van der Waals surface area contributed by atoms with Crippen LogP contribution in [0, 0.1) is 5.92 Å². The number of carbonyl (C=O) groups excluding carboxylic acids is 2. The van der Waals surface area contributed by atoms with Crippen LogP contribution in [0.4, 0.5) is 0 Å². The highest BCUT2D eigenvalue weighted by Gasteiger charge is 2.30. The quantitative estimate of drug-likeness (QED) is 0.427. The number of hydrogen-bond donors (Lipinski definition) is 0. The number of hydrogen-bond acceptors (Lipinski definition) is 4. The molecule has 1 rings (SSSR count). The van der Waals surface area contributed by atoms with Gasteiger partial charge in [-0.1, -0.05) is 0 Å². The smallest absolute Gasteiger partial charge is 0.320 e. The number of esters is 2. The second kappa shape index (κ2) is 4.09. The van der Waals surface area contributed by atoms with E-state index in [1.165, 1.54) is 7.11 Å². The zero-order chi connectivity index (χ0) is 8.97. The van der Waals surface area contributed by atoms with Crippen molar-refractivity contribution in [2.75, 3.05) is 13.7 Å². The van der Waals surface area contributed by atoms with Gasteiger partial charge in [-0.15, -0.1) is 0 Å². The van der Waals surface area contributed by atoms with E-state index in [0.717, 1.165) is 12.8 Å². The number of cyclic esters (lactones) is 1. The third kappa shape index (κ3) is 1.96. The van der Waals surface area contributed by atoms with E-state index in [1.807, 2.05) is 0 Å². The van der Waals surface area contributed by atoms with E-state index < -0.39 is 17.9 Å². The summed E-state index contributed by atoms with van der Waals surface area (Å²) in [6.45, 7) is 0.423. The fourth-order valence-electron chi connectivity index (χ4n) is 1.20. The van der Waals surface area contributed by atoms with Gasteiger partial charge in [-0.05, 0) is 19.3 Å². The maximum absolute atomic E-state index is 11.1. The average Bonchev–Trinajstić information content (AvgIpc) is 2.28. The Morgan fingerprint density at radius 2 is 2.33 bits per heavy atom. The maximum atomic E-state index is 11.1. The molecule has 0 aromatic carbocycles. The predicted molar refractivity (Wildman–Crippen MR) is 40.3 cm³/mol. The van der Waals surface area contributed by atoms with Gasteiger partial charge in [0.15, 0.2) is 5.92 Å². The van der Waals surface area contributed by atoms with Gasteiger partial charge in [-0.3, -0.25) is 9.59 Å². The Hall–Kier alpha value is -1.06. The molecular formula is C8H12O4. The summed E-state index contributed by atoms with van der Waals surface area (Å²) in [4.78, 5) is 22.1. The minimum atomic E-state index is -0.697. The molecular weight excluding hydrogens is 160 g/mol. The van der Waals surface area contributed by atoms with Crippen molar-refractivity contribution < 1.29 is 19.1 Å². The molecule has 4 nitrogen and oxygen atoms in total. The van der Waals surface area contributed by atoms with Crippen LogP contribution < -0.4 is 0 Å². The van der Waals surface area contributed by atoms with Gasteiger partial charge in [0.25, 0.3) is 0 Å². The first-order valence-corrected chi connectivity index (χ1v) is 4.00. The van der Waals surface area contributed by atoms with Gasteiger partial charge in [-0.25, -0.2) is 0 Å². The summed E-state index contributed by atoms with van der Waals surface area (Å²) in [5.74, 6) is -1.63. The van der Waals surface area contributed by atoms with Crippen molar-refractivity contribution in [2.45, 2.75) is 19.3 Å². The van der Waals surface area contributed by atoms with Crippen LogP contribution in [-0.4, -0.2) is 25.7 Å². The zero-order valence-electron chi connectivity index (χ0n) is 7.04.